The number of piperidine rings is 1. The minimum atomic E-state index is -3.62. The molecule has 0 amide bonds. The highest BCUT2D eigenvalue weighted by molar-refractivity contribution is 7.90. The van der Waals surface area contributed by atoms with E-state index in [1.165, 1.54) is 22.7 Å². The van der Waals surface area contributed by atoms with Gasteiger partial charge in [0, 0.05) is 35.2 Å². The van der Waals surface area contributed by atoms with Crippen molar-refractivity contribution in [3.63, 3.8) is 0 Å². The zero-order valence-electron chi connectivity index (χ0n) is 20.0. The van der Waals surface area contributed by atoms with Crippen LogP contribution in [0.15, 0.2) is 24.4 Å². The SMILES string of the molecule is CCCC(C)N1CCC(c2c[nH]c3ccc(NS(=O)(=O)N(C(C)C)C(C)C)cc23)CC1. The molecule has 1 aromatic carbocycles. The van der Waals surface area contributed by atoms with E-state index in [1.54, 1.807) is 0 Å². The lowest BCUT2D eigenvalue weighted by Crippen LogP contribution is -2.45. The van der Waals surface area contributed by atoms with Gasteiger partial charge in [-0.25, -0.2) is 0 Å². The van der Waals surface area contributed by atoms with Crippen molar-refractivity contribution in [2.24, 2.45) is 0 Å². The summed E-state index contributed by atoms with van der Waals surface area (Å²) in [5, 5.41) is 1.13. The Morgan fingerprint density at radius 1 is 1.13 bits per heavy atom. The minimum absolute atomic E-state index is 0.107. The molecule has 0 spiro atoms. The van der Waals surface area contributed by atoms with E-state index in [-0.39, 0.29) is 12.1 Å². The molecule has 1 aliphatic heterocycles. The molecule has 0 saturated carbocycles. The number of rotatable bonds is 9. The van der Waals surface area contributed by atoms with E-state index in [2.05, 4.69) is 34.7 Å². The number of likely N-dealkylation sites (tertiary alicyclic amines) is 1. The fourth-order valence-electron chi connectivity index (χ4n) is 5.15. The Morgan fingerprint density at radius 2 is 1.77 bits per heavy atom. The highest BCUT2D eigenvalue weighted by atomic mass is 32.2. The first-order valence-corrected chi connectivity index (χ1v) is 13.2. The van der Waals surface area contributed by atoms with Crippen molar-refractivity contribution >= 4 is 26.8 Å². The molecular weight excluding hydrogens is 408 g/mol. The molecule has 31 heavy (non-hydrogen) atoms. The van der Waals surface area contributed by atoms with Gasteiger partial charge in [0.05, 0.1) is 5.69 Å². The van der Waals surface area contributed by atoms with Gasteiger partial charge in [-0.1, -0.05) is 13.3 Å². The lowest BCUT2D eigenvalue weighted by molar-refractivity contribution is 0.155. The zero-order chi connectivity index (χ0) is 22.8. The Labute approximate surface area is 188 Å². The molecule has 0 bridgehead atoms. The van der Waals surface area contributed by atoms with Crippen LogP contribution in [0.4, 0.5) is 5.69 Å². The summed E-state index contributed by atoms with van der Waals surface area (Å²) in [6.07, 6.45) is 6.89. The molecule has 7 heteroatoms. The number of hydrogen-bond donors (Lipinski definition) is 2. The minimum Gasteiger partial charge on any atom is -0.361 e. The van der Waals surface area contributed by atoms with Crippen LogP contribution in [0.1, 0.15) is 78.7 Å². The molecular formula is C24H40N4O2S. The molecule has 1 unspecified atom stereocenters. The summed E-state index contributed by atoms with van der Waals surface area (Å²) in [6.45, 7) is 14.5. The lowest BCUT2D eigenvalue weighted by Gasteiger charge is -2.36. The number of aromatic amines is 1. The number of aromatic nitrogens is 1. The average Bonchev–Trinajstić information content (AvgIpc) is 3.10. The molecule has 2 aromatic rings. The van der Waals surface area contributed by atoms with Crippen molar-refractivity contribution < 1.29 is 8.42 Å². The number of hydrogen-bond acceptors (Lipinski definition) is 3. The predicted octanol–water partition coefficient (Wildman–Crippen LogP) is 5.31. The molecule has 0 aliphatic carbocycles. The number of nitrogens with one attached hydrogen (secondary N) is 2. The third-order valence-corrected chi connectivity index (χ3v) is 8.45. The molecule has 3 rings (SSSR count). The van der Waals surface area contributed by atoms with Crippen molar-refractivity contribution in [1.82, 2.24) is 14.2 Å². The predicted molar refractivity (Wildman–Crippen MR) is 131 cm³/mol. The molecule has 6 nitrogen and oxygen atoms in total. The van der Waals surface area contributed by atoms with Gasteiger partial charge in [-0.2, -0.15) is 12.7 Å². The number of nitrogens with zero attached hydrogens (tertiary/aromatic N) is 2. The zero-order valence-corrected chi connectivity index (χ0v) is 20.8. The number of anilines is 1. The first-order valence-electron chi connectivity index (χ1n) is 11.8. The fraction of sp³-hybridized carbons (Fsp3) is 0.667. The van der Waals surface area contributed by atoms with Crippen LogP contribution in [0.5, 0.6) is 0 Å². The van der Waals surface area contributed by atoms with Crippen molar-refractivity contribution in [2.45, 2.75) is 91.3 Å². The first kappa shape index (κ1) is 24.1. The van der Waals surface area contributed by atoms with E-state index >= 15 is 0 Å². The summed E-state index contributed by atoms with van der Waals surface area (Å²) in [4.78, 5) is 6.00. The third kappa shape index (κ3) is 5.44. The molecule has 2 heterocycles. The molecule has 1 atom stereocenters. The Balaban J connectivity index is 1.79. The first-order chi connectivity index (χ1) is 14.6. The normalized spacial score (nSPS) is 17.8. The highest BCUT2D eigenvalue weighted by Gasteiger charge is 2.28. The lowest BCUT2D eigenvalue weighted by atomic mass is 9.88. The molecule has 0 radical (unpaired) electrons. The van der Waals surface area contributed by atoms with E-state index in [1.807, 2.05) is 45.9 Å². The van der Waals surface area contributed by atoms with Crippen LogP contribution in [-0.4, -0.2) is 53.8 Å². The van der Waals surface area contributed by atoms with Gasteiger partial charge >= 0.3 is 10.2 Å². The van der Waals surface area contributed by atoms with Crippen LogP contribution in [-0.2, 0) is 10.2 Å². The fourth-order valence-corrected chi connectivity index (χ4v) is 6.79. The van der Waals surface area contributed by atoms with Crippen molar-refractivity contribution in [2.75, 3.05) is 17.8 Å². The maximum absolute atomic E-state index is 13.0. The van der Waals surface area contributed by atoms with Crippen molar-refractivity contribution in [3.05, 3.63) is 30.0 Å². The second-order valence-corrected chi connectivity index (χ2v) is 11.2. The van der Waals surface area contributed by atoms with Crippen LogP contribution in [0.2, 0.25) is 0 Å². The van der Waals surface area contributed by atoms with Gasteiger partial charge in [-0.15, -0.1) is 0 Å². The van der Waals surface area contributed by atoms with Crippen LogP contribution >= 0.6 is 0 Å². The summed E-state index contributed by atoms with van der Waals surface area (Å²) in [6, 6.07) is 6.25. The van der Waals surface area contributed by atoms with Gasteiger partial charge in [-0.3, -0.25) is 4.72 Å². The van der Waals surface area contributed by atoms with Crippen LogP contribution in [0.25, 0.3) is 10.9 Å². The Bertz CT molecular complexity index is 951. The molecule has 1 saturated heterocycles. The Morgan fingerprint density at radius 3 is 2.35 bits per heavy atom. The summed E-state index contributed by atoms with van der Waals surface area (Å²) in [5.74, 6) is 0.508. The summed E-state index contributed by atoms with van der Waals surface area (Å²) in [7, 11) is -3.62. The van der Waals surface area contributed by atoms with Gasteiger partial charge in [0.1, 0.15) is 0 Å². The summed E-state index contributed by atoms with van der Waals surface area (Å²) < 4.78 is 30.3. The highest BCUT2D eigenvalue weighted by Crippen LogP contribution is 2.35. The molecule has 174 valence electrons. The van der Waals surface area contributed by atoms with Crippen molar-refractivity contribution in [1.29, 1.82) is 0 Å². The standard InChI is InChI=1S/C24H40N4O2S/c1-7-8-19(6)27-13-11-20(12-14-27)23-16-25-24-10-9-21(15-22(23)24)26-31(29,30)28(17(2)3)18(4)5/h9-10,15-20,25-26H,7-8,11-14H2,1-6H3. The quantitative estimate of drug-likeness (QED) is 0.546. The Hall–Kier alpha value is -1.57. The molecule has 1 aliphatic rings. The van der Waals surface area contributed by atoms with Gasteiger partial charge < -0.3 is 9.88 Å². The third-order valence-electron chi connectivity index (χ3n) is 6.56. The van der Waals surface area contributed by atoms with E-state index in [9.17, 15) is 8.42 Å². The van der Waals surface area contributed by atoms with E-state index in [0.29, 0.717) is 17.6 Å². The molecule has 1 fully saturated rings. The van der Waals surface area contributed by atoms with E-state index in [4.69, 9.17) is 0 Å². The number of benzene rings is 1. The smallest absolute Gasteiger partial charge is 0.302 e. The van der Waals surface area contributed by atoms with Crippen LogP contribution < -0.4 is 4.72 Å². The van der Waals surface area contributed by atoms with E-state index < -0.39 is 10.2 Å². The summed E-state index contributed by atoms with van der Waals surface area (Å²) >= 11 is 0. The maximum atomic E-state index is 13.0. The van der Waals surface area contributed by atoms with Gasteiger partial charge in [-0.05, 0) is 96.7 Å². The van der Waals surface area contributed by atoms with E-state index in [0.717, 1.165) is 36.8 Å². The van der Waals surface area contributed by atoms with Gasteiger partial charge in [0.15, 0.2) is 0 Å². The van der Waals surface area contributed by atoms with Gasteiger partial charge in [0.2, 0.25) is 0 Å². The average molecular weight is 449 g/mol. The van der Waals surface area contributed by atoms with Crippen LogP contribution in [0.3, 0.4) is 0 Å². The topological polar surface area (TPSA) is 68.4 Å². The second kappa shape index (κ2) is 9.92. The summed E-state index contributed by atoms with van der Waals surface area (Å²) in [5.41, 5.74) is 2.99. The number of H-pyrrole nitrogens is 1. The van der Waals surface area contributed by atoms with Crippen molar-refractivity contribution in [3.8, 4) is 0 Å². The maximum Gasteiger partial charge on any atom is 0.302 e. The number of fused-ring (bicyclic) bond motifs is 1. The Kier molecular flexibility index (Phi) is 7.71. The second-order valence-electron chi connectivity index (χ2n) is 9.58. The molecule has 2 N–H and O–H groups in total. The molecule has 1 aromatic heterocycles. The van der Waals surface area contributed by atoms with Gasteiger partial charge in [0.25, 0.3) is 0 Å². The van der Waals surface area contributed by atoms with Crippen LogP contribution in [0, 0.1) is 0 Å². The monoisotopic (exact) mass is 448 g/mol. The largest absolute Gasteiger partial charge is 0.361 e.